The van der Waals surface area contributed by atoms with Crippen molar-refractivity contribution in [3.8, 4) is 0 Å². The Morgan fingerprint density at radius 2 is 2.19 bits per heavy atom. The van der Waals surface area contributed by atoms with Gasteiger partial charge in [-0.25, -0.2) is 0 Å². The van der Waals surface area contributed by atoms with E-state index in [9.17, 15) is 4.79 Å². The van der Waals surface area contributed by atoms with Crippen LogP contribution in [0, 0.1) is 0 Å². The minimum absolute atomic E-state index is 0.0607. The number of hydrogen-bond donors (Lipinski definition) is 1. The van der Waals surface area contributed by atoms with Crippen molar-refractivity contribution < 1.29 is 4.79 Å². The Morgan fingerprint density at radius 1 is 1.44 bits per heavy atom. The first-order chi connectivity index (χ1) is 7.47. The van der Waals surface area contributed by atoms with Crippen LogP contribution in [0.1, 0.15) is 26.5 Å². The van der Waals surface area contributed by atoms with Crippen LogP contribution in [0.3, 0.4) is 0 Å². The molecule has 0 aliphatic carbocycles. The van der Waals surface area contributed by atoms with E-state index in [1.807, 2.05) is 18.2 Å². The average Bonchev–Trinajstić information content (AvgIpc) is 2.24. The van der Waals surface area contributed by atoms with Crippen LogP contribution >= 0.6 is 11.8 Å². The number of carbonyl (C=O) groups excluding carboxylic acids is 1. The van der Waals surface area contributed by atoms with Gasteiger partial charge in [0, 0.05) is 10.9 Å². The summed E-state index contributed by atoms with van der Waals surface area (Å²) >= 11 is 1.64. The Labute approximate surface area is 101 Å². The highest BCUT2D eigenvalue weighted by atomic mass is 32.2. The van der Waals surface area contributed by atoms with Crippen LogP contribution in [-0.2, 0) is 11.3 Å². The van der Waals surface area contributed by atoms with E-state index in [2.05, 4.69) is 31.1 Å². The molecule has 3 nitrogen and oxygen atoms in total. The fourth-order valence-electron chi connectivity index (χ4n) is 1.02. The van der Waals surface area contributed by atoms with E-state index in [0.29, 0.717) is 12.3 Å². The van der Waals surface area contributed by atoms with Crippen molar-refractivity contribution in [2.45, 2.75) is 32.1 Å². The third-order valence-corrected chi connectivity index (χ3v) is 3.10. The lowest BCUT2D eigenvalue weighted by Crippen LogP contribution is -2.26. The molecule has 0 unspecified atom stereocenters. The lowest BCUT2D eigenvalue weighted by molar-refractivity contribution is -0.118. The second kappa shape index (κ2) is 5.89. The van der Waals surface area contributed by atoms with Crippen molar-refractivity contribution >= 4 is 17.7 Å². The highest BCUT2D eigenvalue weighted by Gasteiger charge is 2.12. The lowest BCUT2D eigenvalue weighted by Gasteiger charge is -2.16. The molecule has 0 saturated heterocycles. The molecule has 0 spiro atoms. The molecule has 1 heterocycles. The van der Waals surface area contributed by atoms with E-state index in [1.54, 1.807) is 18.0 Å². The number of pyridine rings is 1. The zero-order chi connectivity index (χ0) is 12.0. The lowest BCUT2D eigenvalue weighted by atomic mass is 10.3. The summed E-state index contributed by atoms with van der Waals surface area (Å²) in [4.78, 5) is 15.6. The molecule has 0 bridgehead atoms. The molecule has 1 aromatic heterocycles. The third kappa shape index (κ3) is 5.75. The van der Waals surface area contributed by atoms with Crippen LogP contribution in [0.5, 0.6) is 0 Å². The molecule has 0 radical (unpaired) electrons. The SMILES string of the molecule is CC(C)(C)SCC(=O)NCc1ccccn1. The number of hydrogen-bond acceptors (Lipinski definition) is 3. The summed E-state index contributed by atoms with van der Waals surface area (Å²) in [6, 6.07) is 5.68. The molecular formula is C12H18N2OS. The normalized spacial score (nSPS) is 11.2. The van der Waals surface area contributed by atoms with Crippen molar-refractivity contribution in [3.05, 3.63) is 30.1 Å². The summed E-state index contributed by atoms with van der Waals surface area (Å²) in [5, 5.41) is 2.85. The predicted molar refractivity (Wildman–Crippen MR) is 68.3 cm³/mol. The Hall–Kier alpha value is -1.03. The van der Waals surface area contributed by atoms with Gasteiger partial charge in [0.2, 0.25) is 5.91 Å². The fraction of sp³-hybridized carbons (Fsp3) is 0.500. The van der Waals surface area contributed by atoms with Crippen LogP contribution in [-0.4, -0.2) is 21.4 Å². The molecule has 0 fully saturated rings. The molecule has 0 aliphatic rings. The summed E-state index contributed by atoms with van der Waals surface area (Å²) in [6.45, 7) is 6.81. The van der Waals surface area contributed by atoms with Gasteiger partial charge in [-0.05, 0) is 12.1 Å². The number of aromatic nitrogens is 1. The van der Waals surface area contributed by atoms with Crippen molar-refractivity contribution in [1.29, 1.82) is 0 Å². The van der Waals surface area contributed by atoms with Crippen LogP contribution in [0.2, 0.25) is 0 Å². The van der Waals surface area contributed by atoms with Gasteiger partial charge < -0.3 is 5.32 Å². The monoisotopic (exact) mass is 238 g/mol. The first kappa shape index (κ1) is 13.0. The van der Waals surface area contributed by atoms with Gasteiger partial charge in [0.25, 0.3) is 0 Å². The second-order valence-corrected chi connectivity index (χ2v) is 6.30. The minimum atomic E-state index is 0.0607. The summed E-state index contributed by atoms with van der Waals surface area (Å²) in [5.74, 6) is 0.557. The van der Waals surface area contributed by atoms with E-state index in [1.165, 1.54) is 0 Å². The molecule has 0 saturated carbocycles. The molecule has 1 rings (SSSR count). The molecule has 88 valence electrons. The summed E-state index contributed by atoms with van der Waals surface area (Å²) in [6.07, 6.45) is 1.73. The molecule has 4 heteroatoms. The van der Waals surface area contributed by atoms with E-state index in [-0.39, 0.29) is 10.7 Å². The van der Waals surface area contributed by atoms with Crippen LogP contribution in [0.15, 0.2) is 24.4 Å². The number of nitrogens with zero attached hydrogens (tertiary/aromatic N) is 1. The van der Waals surface area contributed by atoms with E-state index < -0.39 is 0 Å². The fourth-order valence-corrected chi connectivity index (χ4v) is 1.69. The Balaban J connectivity index is 2.26. The summed E-state index contributed by atoms with van der Waals surface area (Å²) < 4.78 is 0.127. The maximum absolute atomic E-state index is 11.5. The Bertz CT molecular complexity index is 333. The van der Waals surface area contributed by atoms with Crippen LogP contribution in [0.25, 0.3) is 0 Å². The van der Waals surface area contributed by atoms with E-state index in [4.69, 9.17) is 0 Å². The van der Waals surface area contributed by atoms with Gasteiger partial charge in [-0.1, -0.05) is 26.8 Å². The van der Waals surface area contributed by atoms with Crippen molar-refractivity contribution in [1.82, 2.24) is 10.3 Å². The predicted octanol–water partition coefficient (Wildman–Crippen LogP) is 2.23. The molecule has 1 N–H and O–H groups in total. The topological polar surface area (TPSA) is 42.0 Å². The maximum atomic E-state index is 11.5. The molecular weight excluding hydrogens is 220 g/mol. The maximum Gasteiger partial charge on any atom is 0.230 e. The average molecular weight is 238 g/mol. The zero-order valence-electron chi connectivity index (χ0n) is 9.99. The first-order valence-corrected chi connectivity index (χ1v) is 6.26. The minimum Gasteiger partial charge on any atom is -0.350 e. The number of carbonyl (C=O) groups is 1. The highest BCUT2D eigenvalue weighted by Crippen LogP contribution is 2.22. The number of amides is 1. The van der Waals surface area contributed by atoms with Gasteiger partial charge in [-0.15, -0.1) is 11.8 Å². The second-order valence-electron chi connectivity index (χ2n) is 4.50. The summed E-state index contributed by atoms with van der Waals surface area (Å²) in [7, 11) is 0. The van der Waals surface area contributed by atoms with E-state index >= 15 is 0 Å². The Morgan fingerprint density at radius 3 is 2.75 bits per heavy atom. The van der Waals surface area contributed by atoms with Crippen molar-refractivity contribution in [3.63, 3.8) is 0 Å². The van der Waals surface area contributed by atoms with E-state index in [0.717, 1.165) is 5.69 Å². The van der Waals surface area contributed by atoms with Gasteiger partial charge in [-0.3, -0.25) is 9.78 Å². The van der Waals surface area contributed by atoms with Crippen molar-refractivity contribution in [2.75, 3.05) is 5.75 Å². The quantitative estimate of drug-likeness (QED) is 0.874. The van der Waals surface area contributed by atoms with Crippen molar-refractivity contribution in [2.24, 2.45) is 0 Å². The van der Waals surface area contributed by atoms with Gasteiger partial charge in [0.05, 0.1) is 18.0 Å². The molecule has 0 aliphatic heterocycles. The molecule has 16 heavy (non-hydrogen) atoms. The number of thioether (sulfide) groups is 1. The largest absolute Gasteiger partial charge is 0.350 e. The molecule has 0 aromatic carbocycles. The summed E-state index contributed by atoms with van der Waals surface area (Å²) in [5.41, 5.74) is 0.886. The number of rotatable bonds is 4. The van der Waals surface area contributed by atoms with Crippen LogP contribution < -0.4 is 5.32 Å². The molecule has 0 atom stereocenters. The van der Waals surface area contributed by atoms with Gasteiger partial charge in [0.15, 0.2) is 0 Å². The zero-order valence-corrected chi connectivity index (χ0v) is 10.8. The van der Waals surface area contributed by atoms with Crippen LogP contribution in [0.4, 0.5) is 0 Å². The molecule has 1 aromatic rings. The third-order valence-electron chi connectivity index (χ3n) is 1.83. The first-order valence-electron chi connectivity index (χ1n) is 5.28. The number of nitrogens with one attached hydrogen (secondary N) is 1. The standard InChI is InChI=1S/C12H18N2OS/c1-12(2,3)16-9-11(15)14-8-10-6-4-5-7-13-10/h4-7H,8-9H2,1-3H3,(H,14,15). The Kier molecular flexibility index (Phi) is 4.80. The van der Waals surface area contributed by atoms with Gasteiger partial charge in [-0.2, -0.15) is 0 Å². The van der Waals surface area contributed by atoms with Gasteiger partial charge >= 0.3 is 0 Å². The molecule has 1 amide bonds. The smallest absolute Gasteiger partial charge is 0.230 e. The van der Waals surface area contributed by atoms with Gasteiger partial charge in [0.1, 0.15) is 0 Å². The highest BCUT2D eigenvalue weighted by molar-refractivity contribution is 8.01.